The molecule has 0 amide bonds. The van der Waals surface area contributed by atoms with Gasteiger partial charge < -0.3 is 5.73 Å². The fourth-order valence-corrected chi connectivity index (χ4v) is 2.23. The minimum atomic E-state index is -4.40. The minimum absolute atomic E-state index is 0.00981. The van der Waals surface area contributed by atoms with Gasteiger partial charge in [0.05, 0.1) is 11.3 Å². The Bertz CT molecular complexity index is 408. The molecule has 16 heavy (non-hydrogen) atoms. The van der Waals surface area contributed by atoms with Crippen molar-refractivity contribution in [1.82, 2.24) is 4.98 Å². The lowest BCUT2D eigenvalue weighted by Crippen LogP contribution is -2.23. The quantitative estimate of drug-likeness (QED) is 0.731. The highest BCUT2D eigenvalue weighted by Gasteiger charge is 2.39. The van der Waals surface area contributed by atoms with Gasteiger partial charge in [0.15, 0.2) is 0 Å². The van der Waals surface area contributed by atoms with Gasteiger partial charge in [-0.05, 0) is 28.7 Å². The largest absolute Gasteiger partial charge is 0.419 e. The van der Waals surface area contributed by atoms with Gasteiger partial charge in [-0.2, -0.15) is 13.2 Å². The van der Waals surface area contributed by atoms with Crippen LogP contribution in [0.5, 0.6) is 0 Å². The van der Waals surface area contributed by atoms with Gasteiger partial charge in [0.2, 0.25) is 0 Å². The van der Waals surface area contributed by atoms with E-state index >= 15 is 0 Å². The number of halogens is 4. The van der Waals surface area contributed by atoms with Crippen molar-refractivity contribution in [3.63, 3.8) is 0 Å². The molecule has 2 nitrogen and oxygen atoms in total. The van der Waals surface area contributed by atoms with Gasteiger partial charge in [0, 0.05) is 8.99 Å². The summed E-state index contributed by atoms with van der Waals surface area (Å²) in [6, 6.07) is 1.23. The third-order valence-corrected chi connectivity index (χ3v) is 2.84. The molecule has 0 aliphatic rings. The number of alkyl halides is 3. The standard InChI is InChI=1S/C10H12F3IN2/c1-9(2,3)8-7(10(11,12)13)5(14)4-6(15)16-8/h4H,1-3H3,(H2,15,16). The number of rotatable bonds is 0. The van der Waals surface area contributed by atoms with E-state index in [-0.39, 0.29) is 15.1 Å². The summed E-state index contributed by atoms with van der Waals surface area (Å²) >= 11 is 1.64. The molecule has 0 spiro atoms. The molecule has 0 saturated carbocycles. The molecule has 2 N–H and O–H groups in total. The van der Waals surface area contributed by atoms with Crippen LogP contribution in [0.4, 0.5) is 19.0 Å². The molecule has 0 aliphatic carbocycles. The molecule has 0 radical (unpaired) electrons. The summed E-state index contributed by atoms with van der Waals surface area (Å²) in [6.07, 6.45) is -4.40. The Morgan fingerprint density at radius 2 is 1.75 bits per heavy atom. The van der Waals surface area contributed by atoms with Crippen molar-refractivity contribution < 1.29 is 13.2 Å². The fourth-order valence-electron chi connectivity index (χ4n) is 1.34. The Hall–Kier alpha value is -0.530. The van der Waals surface area contributed by atoms with Gasteiger partial charge in [0.1, 0.15) is 5.82 Å². The average molecular weight is 344 g/mol. The van der Waals surface area contributed by atoms with Crippen LogP contribution in [0.15, 0.2) is 6.07 Å². The zero-order chi connectivity index (χ0) is 12.7. The van der Waals surface area contributed by atoms with Crippen LogP contribution in [0.3, 0.4) is 0 Å². The van der Waals surface area contributed by atoms with Gasteiger partial charge >= 0.3 is 6.18 Å². The Morgan fingerprint density at radius 1 is 1.25 bits per heavy atom. The van der Waals surface area contributed by atoms with Crippen LogP contribution in [0, 0.1) is 3.57 Å². The summed E-state index contributed by atoms with van der Waals surface area (Å²) in [5.41, 5.74) is 4.10. The lowest BCUT2D eigenvalue weighted by atomic mass is 9.88. The second-order valence-electron chi connectivity index (χ2n) is 4.50. The van der Waals surface area contributed by atoms with Crippen molar-refractivity contribution in [2.45, 2.75) is 32.4 Å². The molecular formula is C10H12F3IN2. The number of anilines is 1. The first-order chi connectivity index (χ1) is 7.03. The minimum Gasteiger partial charge on any atom is -0.384 e. The third kappa shape index (κ3) is 2.78. The van der Waals surface area contributed by atoms with Crippen LogP contribution in [-0.2, 0) is 11.6 Å². The summed E-state index contributed by atoms with van der Waals surface area (Å²) in [6.45, 7) is 5.04. The van der Waals surface area contributed by atoms with Crippen molar-refractivity contribution in [2.24, 2.45) is 0 Å². The Morgan fingerprint density at radius 3 is 2.12 bits per heavy atom. The molecule has 0 atom stereocenters. The van der Waals surface area contributed by atoms with Crippen LogP contribution >= 0.6 is 22.6 Å². The van der Waals surface area contributed by atoms with E-state index in [0.29, 0.717) is 0 Å². The van der Waals surface area contributed by atoms with Crippen LogP contribution in [0.25, 0.3) is 0 Å². The molecule has 6 heteroatoms. The maximum atomic E-state index is 12.9. The zero-order valence-corrected chi connectivity index (χ0v) is 11.3. The number of pyridine rings is 1. The van der Waals surface area contributed by atoms with Gasteiger partial charge in [-0.25, -0.2) is 4.98 Å². The van der Waals surface area contributed by atoms with E-state index in [4.69, 9.17) is 5.73 Å². The number of nitrogens with two attached hydrogens (primary N) is 1. The molecule has 0 fully saturated rings. The van der Waals surface area contributed by atoms with E-state index in [2.05, 4.69) is 4.98 Å². The predicted octanol–water partition coefficient (Wildman–Crippen LogP) is 3.58. The monoisotopic (exact) mass is 344 g/mol. The first kappa shape index (κ1) is 13.5. The summed E-state index contributed by atoms with van der Waals surface area (Å²) in [5, 5.41) is 0. The second-order valence-corrected chi connectivity index (χ2v) is 5.66. The normalized spacial score (nSPS) is 12.9. The van der Waals surface area contributed by atoms with Crippen molar-refractivity contribution >= 4 is 28.4 Å². The molecule has 1 rings (SSSR count). The lowest BCUT2D eigenvalue weighted by molar-refractivity contribution is -0.139. The Labute approximate surface area is 106 Å². The number of hydrogen-bond donors (Lipinski definition) is 1. The van der Waals surface area contributed by atoms with Crippen molar-refractivity contribution in [2.75, 3.05) is 5.73 Å². The molecule has 0 aliphatic heterocycles. The van der Waals surface area contributed by atoms with Crippen LogP contribution in [-0.4, -0.2) is 4.98 Å². The molecule has 1 heterocycles. The van der Waals surface area contributed by atoms with E-state index in [0.717, 1.165) is 0 Å². The Kier molecular flexibility index (Phi) is 3.42. The molecule has 1 aromatic rings. The van der Waals surface area contributed by atoms with Crippen LogP contribution in [0.1, 0.15) is 32.0 Å². The zero-order valence-electron chi connectivity index (χ0n) is 9.11. The van der Waals surface area contributed by atoms with Crippen molar-refractivity contribution in [1.29, 1.82) is 0 Å². The van der Waals surface area contributed by atoms with Crippen LogP contribution < -0.4 is 5.73 Å². The number of hydrogen-bond acceptors (Lipinski definition) is 2. The second kappa shape index (κ2) is 4.05. The van der Waals surface area contributed by atoms with Crippen molar-refractivity contribution in [3.8, 4) is 0 Å². The van der Waals surface area contributed by atoms with Gasteiger partial charge in [-0.15, -0.1) is 0 Å². The molecule has 0 unspecified atom stereocenters. The highest BCUT2D eigenvalue weighted by atomic mass is 127. The average Bonchev–Trinajstić information content (AvgIpc) is 1.97. The van der Waals surface area contributed by atoms with E-state index in [9.17, 15) is 13.2 Å². The summed E-state index contributed by atoms with van der Waals surface area (Å²) in [5.74, 6) is 0.113. The van der Waals surface area contributed by atoms with Crippen molar-refractivity contribution in [3.05, 3.63) is 20.9 Å². The SMILES string of the molecule is CC(C)(C)c1nc(N)cc(I)c1C(F)(F)F. The highest BCUT2D eigenvalue weighted by Crippen LogP contribution is 2.39. The predicted molar refractivity (Wildman–Crippen MR) is 65.1 cm³/mol. The highest BCUT2D eigenvalue weighted by molar-refractivity contribution is 14.1. The smallest absolute Gasteiger partial charge is 0.384 e. The van der Waals surface area contributed by atoms with Gasteiger partial charge in [-0.3, -0.25) is 0 Å². The van der Waals surface area contributed by atoms with Gasteiger partial charge in [0.25, 0.3) is 0 Å². The van der Waals surface area contributed by atoms with E-state index in [1.165, 1.54) is 6.07 Å². The topological polar surface area (TPSA) is 38.9 Å². The first-order valence-electron chi connectivity index (χ1n) is 4.57. The maximum Gasteiger partial charge on any atom is 0.419 e. The van der Waals surface area contributed by atoms with Gasteiger partial charge in [-0.1, -0.05) is 20.8 Å². The first-order valence-corrected chi connectivity index (χ1v) is 5.65. The maximum absolute atomic E-state index is 12.9. The molecule has 1 aromatic heterocycles. The fraction of sp³-hybridized carbons (Fsp3) is 0.500. The lowest BCUT2D eigenvalue weighted by Gasteiger charge is -2.24. The third-order valence-electron chi connectivity index (χ3n) is 1.99. The van der Waals surface area contributed by atoms with E-state index in [1.54, 1.807) is 43.4 Å². The number of nitrogens with zero attached hydrogens (tertiary/aromatic N) is 1. The summed E-state index contributed by atoms with van der Waals surface area (Å²) in [7, 11) is 0. The Balaban J connectivity index is 3.58. The van der Waals surface area contributed by atoms with E-state index in [1.807, 2.05) is 0 Å². The molecule has 90 valence electrons. The number of aromatic nitrogens is 1. The summed E-state index contributed by atoms with van der Waals surface area (Å²) < 4.78 is 38.7. The molecule has 0 saturated heterocycles. The summed E-state index contributed by atoms with van der Waals surface area (Å²) in [4.78, 5) is 3.82. The molecule has 0 bridgehead atoms. The van der Waals surface area contributed by atoms with E-state index < -0.39 is 17.2 Å². The molecular weight excluding hydrogens is 332 g/mol. The number of nitrogen functional groups attached to an aromatic ring is 1. The van der Waals surface area contributed by atoms with Crippen LogP contribution in [0.2, 0.25) is 0 Å². The molecule has 0 aromatic carbocycles.